The van der Waals surface area contributed by atoms with E-state index in [0.717, 1.165) is 16.1 Å². The van der Waals surface area contributed by atoms with Crippen molar-refractivity contribution >= 4 is 15.9 Å². The molecule has 1 aromatic carbocycles. The van der Waals surface area contributed by atoms with Crippen LogP contribution < -0.4 is 10.1 Å². The van der Waals surface area contributed by atoms with Crippen molar-refractivity contribution in [2.45, 2.75) is 51.2 Å². The molecule has 0 radical (unpaired) electrons. The number of benzene rings is 1. The van der Waals surface area contributed by atoms with Crippen LogP contribution in [0.3, 0.4) is 0 Å². The lowest BCUT2D eigenvalue weighted by Crippen LogP contribution is -2.43. The van der Waals surface area contributed by atoms with E-state index in [2.05, 4.69) is 28.2 Å². The highest BCUT2D eigenvalue weighted by Crippen LogP contribution is 2.26. The van der Waals surface area contributed by atoms with Crippen LogP contribution in [0.5, 0.6) is 5.75 Å². The summed E-state index contributed by atoms with van der Waals surface area (Å²) in [5.74, 6) is 1.55. The number of nitrogens with one attached hydrogen (secondary N) is 1. The van der Waals surface area contributed by atoms with E-state index in [1.165, 1.54) is 32.1 Å². The number of aliphatic hydroxyl groups excluding tert-OH is 1. The van der Waals surface area contributed by atoms with E-state index in [1.54, 1.807) is 0 Å². The molecule has 0 spiro atoms. The number of hydrogen-bond acceptors (Lipinski definition) is 3. The van der Waals surface area contributed by atoms with E-state index in [1.807, 2.05) is 24.3 Å². The van der Waals surface area contributed by atoms with Crippen molar-refractivity contribution in [3.05, 3.63) is 28.7 Å². The molecule has 118 valence electrons. The smallest absolute Gasteiger partial charge is 0.120 e. The third-order valence-electron chi connectivity index (χ3n) is 4.29. The molecule has 0 heterocycles. The Balaban J connectivity index is 1.70. The first kappa shape index (κ1) is 16.8. The lowest BCUT2D eigenvalue weighted by atomic mass is 9.83. The van der Waals surface area contributed by atoms with Crippen LogP contribution in [0.25, 0.3) is 0 Å². The second-order valence-corrected chi connectivity index (χ2v) is 6.81. The maximum atomic E-state index is 10.1. The van der Waals surface area contributed by atoms with Gasteiger partial charge < -0.3 is 15.2 Å². The average molecular weight is 356 g/mol. The summed E-state index contributed by atoms with van der Waals surface area (Å²) in [7, 11) is 0. The van der Waals surface area contributed by atoms with Crippen LogP contribution in [-0.4, -0.2) is 30.4 Å². The van der Waals surface area contributed by atoms with Gasteiger partial charge in [-0.1, -0.05) is 48.2 Å². The van der Waals surface area contributed by atoms with Crippen LogP contribution in [0.2, 0.25) is 0 Å². The van der Waals surface area contributed by atoms with Crippen molar-refractivity contribution < 1.29 is 9.84 Å². The average Bonchev–Trinajstić information content (AvgIpc) is 2.51. The Labute approximate surface area is 136 Å². The molecule has 3 unspecified atom stereocenters. The Bertz CT molecular complexity index is 427. The Morgan fingerprint density at radius 1 is 1.38 bits per heavy atom. The van der Waals surface area contributed by atoms with E-state index in [4.69, 9.17) is 4.74 Å². The number of halogens is 1. The van der Waals surface area contributed by atoms with Crippen LogP contribution in [0, 0.1) is 5.92 Å². The topological polar surface area (TPSA) is 41.5 Å². The number of rotatable bonds is 7. The van der Waals surface area contributed by atoms with Gasteiger partial charge in [0.05, 0.1) is 0 Å². The number of aliphatic hydroxyl groups is 1. The summed E-state index contributed by atoms with van der Waals surface area (Å²) in [6.07, 6.45) is 5.96. The molecule has 0 bridgehead atoms. The van der Waals surface area contributed by atoms with Crippen molar-refractivity contribution in [3.8, 4) is 5.75 Å². The van der Waals surface area contributed by atoms with Crippen molar-refractivity contribution in [1.29, 1.82) is 0 Å². The third-order valence-corrected chi connectivity index (χ3v) is 4.78. The summed E-state index contributed by atoms with van der Waals surface area (Å²) >= 11 is 3.41. The maximum absolute atomic E-state index is 10.1. The maximum Gasteiger partial charge on any atom is 0.120 e. The van der Waals surface area contributed by atoms with Gasteiger partial charge in [-0.3, -0.25) is 0 Å². The quantitative estimate of drug-likeness (QED) is 0.782. The molecule has 21 heavy (non-hydrogen) atoms. The van der Waals surface area contributed by atoms with Gasteiger partial charge in [0, 0.05) is 17.1 Å². The highest BCUT2D eigenvalue weighted by Gasteiger charge is 2.23. The summed E-state index contributed by atoms with van der Waals surface area (Å²) in [6, 6.07) is 8.26. The summed E-state index contributed by atoms with van der Waals surface area (Å²) in [5, 5.41) is 13.6. The molecule has 0 aromatic heterocycles. The van der Waals surface area contributed by atoms with Crippen molar-refractivity contribution in [3.63, 3.8) is 0 Å². The van der Waals surface area contributed by atoms with Crippen LogP contribution in [0.4, 0.5) is 0 Å². The van der Waals surface area contributed by atoms with Crippen molar-refractivity contribution in [2.75, 3.05) is 13.2 Å². The van der Waals surface area contributed by atoms with Crippen LogP contribution in [0.15, 0.2) is 28.7 Å². The molecule has 3 nitrogen and oxygen atoms in total. The molecule has 0 amide bonds. The third kappa shape index (κ3) is 5.61. The lowest BCUT2D eigenvalue weighted by Gasteiger charge is -2.32. The molecule has 2 rings (SSSR count). The molecule has 1 aromatic rings. The zero-order chi connectivity index (χ0) is 15.1. The number of ether oxygens (including phenoxy) is 1. The second-order valence-electron chi connectivity index (χ2n) is 5.89. The lowest BCUT2D eigenvalue weighted by molar-refractivity contribution is 0.0973. The van der Waals surface area contributed by atoms with Gasteiger partial charge >= 0.3 is 0 Å². The van der Waals surface area contributed by atoms with Crippen molar-refractivity contribution in [1.82, 2.24) is 5.32 Å². The predicted octanol–water partition coefficient (Wildman–Crippen LogP) is 3.75. The highest BCUT2D eigenvalue weighted by atomic mass is 79.9. The van der Waals surface area contributed by atoms with Gasteiger partial charge in [0.2, 0.25) is 0 Å². The Morgan fingerprint density at radius 3 is 2.95 bits per heavy atom. The van der Waals surface area contributed by atoms with E-state index in [0.29, 0.717) is 19.2 Å². The molecule has 0 aliphatic heterocycles. The number of hydrogen-bond donors (Lipinski definition) is 2. The molecular weight excluding hydrogens is 330 g/mol. The molecule has 1 saturated carbocycles. The second kappa shape index (κ2) is 8.76. The fourth-order valence-corrected chi connectivity index (χ4v) is 3.44. The van der Waals surface area contributed by atoms with E-state index in [-0.39, 0.29) is 0 Å². The molecular formula is C17H26BrNO2. The minimum atomic E-state index is -0.469. The fourth-order valence-electron chi connectivity index (χ4n) is 3.06. The minimum Gasteiger partial charge on any atom is -0.491 e. The molecule has 1 aliphatic rings. The van der Waals surface area contributed by atoms with Gasteiger partial charge in [0.1, 0.15) is 18.5 Å². The molecule has 0 saturated heterocycles. The van der Waals surface area contributed by atoms with E-state index < -0.39 is 6.10 Å². The first-order valence-corrected chi connectivity index (χ1v) is 8.78. The van der Waals surface area contributed by atoms with Crippen LogP contribution in [-0.2, 0) is 0 Å². The highest BCUT2D eigenvalue weighted by molar-refractivity contribution is 9.10. The van der Waals surface area contributed by atoms with E-state index >= 15 is 0 Å². The fraction of sp³-hybridized carbons (Fsp3) is 0.647. The monoisotopic (exact) mass is 355 g/mol. The molecule has 1 aliphatic carbocycles. The van der Waals surface area contributed by atoms with Gasteiger partial charge in [-0.25, -0.2) is 0 Å². The normalized spacial score (nSPS) is 23.8. The van der Waals surface area contributed by atoms with Crippen molar-refractivity contribution in [2.24, 2.45) is 5.92 Å². The first-order chi connectivity index (χ1) is 10.2. The largest absolute Gasteiger partial charge is 0.491 e. The Kier molecular flexibility index (Phi) is 7.00. The predicted molar refractivity (Wildman–Crippen MR) is 89.7 cm³/mol. The SMILES string of the molecule is CCC1CCCCC1NCC(O)COc1cccc(Br)c1. The summed E-state index contributed by atoms with van der Waals surface area (Å²) < 4.78 is 6.61. The molecule has 2 N–H and O–H groups in total. The minimum absolute atomic E-state index is 0.326. The van der Waals surface area contributed by atoms with Gasteiger partial charge in [-0.2, -0.15) is 0 Å². The summed E-state index contributed by atoms with van der Waals surface area (Å²) in [4.78, 5) is 0. The zero-order valence-corrected chi connectivity index (χ0v) is 14.3. The van der Waals surface area contributed by atoms with Crippen LogP contribution in [0.1, 0.15) is 39.0 Å². The Morgan fingerprint density at radius 2 is 2.19 bits per heavy atom. The van der Waals surface area contributed by atoms with Crippen LogP contribution >= 0.6 is 15.9 Å². The summed E-state index contributed by atoms with van der Waals surface area (Å²) in [6.45, 7) is 3.19. The molecule has 3 atom stereocenters. The molecule has 1 fully saturated rings. The van der Waals surface area contributed by atoms with Gasteiger partial charge in [-0.15, -0.1) is 0 Å². The van der Waals surface area contributed by atoms with E-state index in [9.17, 15) is 5.11 Å². The van der Waals surface area contributed by atoms with Gasteiger partial charge in [0.25, 0.3) is 0 Å². The zero-order valence-electron chi connectivity index (χ0n) is 12.7. The molecule has 4 heteroatoms. The van der Waals surface area contributed by atoms with Gasteiger partial charge in [0.15, 0.2) is 0 Å². The van der Waals surface area contributed by atoms with Gasteiger partial charge in [-0.05, 0) is 37.0 Å². The Hall–Kier alpha value is -0.580. The first-order valence-electron chi connectivity index (χ1n) is 7.99. The summed E-state index contributed by atoms with van der Waals surface area (Å²) in [5.41, 5.74) is 0. The standard InChI is InChI=1S/C17H26BrNO2/c1-2-13-6-3-4-9-17(13)19-11-15(20)12-21-16-8-5-7-14(18)10-16/h5,7-8,10,13,15,17,19-20H,2-4,6,9,11-12H2,1H3.